The smallest absolute Gasteiger partial charge is 0.243 e. The topological polar surface area (TPSA) is 78.5 Å². The Kier molecular flexibility index (Phi) is 6.32. The molecule has 2 fully saturated rings. The molecule has 0 aliphatic carbocycles. The van der Waals surface area contributed by atoms with E-state index >= 15 is 0 Å². The van der Waals surface area contributed by atoms with Crippen molar-refractivity contribution in [3.8, 4) is 0 Å². The van der Waals surface area contributed by atoms with E-state index < -0.39 is 10.0 Å². The Hall–Kier alpha value is -1.44. The van der Waals surface area contributed by atoms with E-state index in [-0.39, 0.29) is 11.9 Å². The molecule has 0 aromatic heterocycles. The van der Waals surface area contributed by atoms with Gasteiger partial charge in [0.25, 0.3) is 0 Å². The molecular formula is C19H29N3O3S. The number of aryl methyl sites for hydroxylation is 1. The molecule has 0 bridgehead atoms. The summed E-state index contributed by atoms with van der Waals surface area (Å²) in [4.78, 5) is 12.5. The molecule has 0 radical (unpaired) electrons. The Bertz CT molecular complexity index is 712. The number of benzene rings is 1. The third-order valence-electron chi connectivity index (χ3n) is 5.40. The minimum atomic E-state index is -3.36. The first kappa shape index (κ1) is 19.3. The first-order chi connectivity index (χ1) is 12.5. The lowest BCUT2D eigenvalue weighted by Gasteiger charge is -2.30. The molecule has 1 aromatic rings. The molecular weight excluding hydrogens is 350 g/mol. The third kappa shape index (κ3) is 4.64. The van der Waals surface area contributed by atoms with E-state index in [9.17, 15) is 13.2 Å². The van der Waals surface area contributed by atoms with Gasteiger partial charge in [-0.05, 0) is 62.4 Å². The molecule has 7 heteroatoms. The fraction of sp³-hybridized carbons (Fsp3) is 0.632. The zero-order chi connectivity index (χ0) is 18.6. The van der Waals surface area contributed by atoms with Gasteiger partial charge in [0.05, 0.1) is 4.90 Å². The summed E-state index contributed by atoms with van der Waals surface area (Å²) in [5, 5.41) is 6.46. The number of carbonyl (C=O) groups is 1. The molecule has 1 aromatic carbocycles. The molecule has 0 spiro atoms. The molecule has 2 aliphatic heterocycles. The maximum Gasteiger partial charge on any atom is 0.243 e. The Morgan fingerprint density at radius 3 is 2.58 bits per heavy atom. The maximum atomic E-state index is 12.5. The zero-order valence-electron chi connectivity index (χ0n) is 15.4. The molecule has 0 saturated carbocycles. The van der Waals surface area contributed by atoms with Crippen LogP contribution in [0.25, 0.3) is 0 Å². The van der Waals surface area contributed by atoms with Gasteiger partial charge in [0.2, 0.25) is 15.9 Å². The van der Waals surface area contributed by atoms with Crippen molar-refractivity contribution in [1.29, 1.82) is 0 Å². The summed E-state index contributed by atoms with van der Waals surface area (Å²) in [7, 11) is -3.36. The lowest BCUT2D eigenvalue weighted by molar-refractivity contribution is -0.122. The van der Waals surface area contributed by atoms with E-state index in [2.05, 4.69) is 17.6 Å². The van der Waals surface area contributed by atoms with Gasteiger partial charge in [-0.2, -0.15) is 4.31 Å². The van der Waals surface area contributed by atoms with Crippen LogP contribution >= 0.6 is 0 Å². The highest BCUT2D eigenvalue weighted by Gasteiger charge is 2.27. The van der Waals surface area contributed by atoms with Gasteiger partial charge in [0.1, 0.15) is 0 Å². The van der Waals surface area contributed by atoms with Crippen LogP contribution in [0.1, 0.15) is 38.2 Å². The van der Waals surface area contributed by atoms with Crippen molar-refractivity contribution in [1.82, 2.24) is 14.9 Å². The SMILES string of the molecule is CC1CNCCC1NC(=O)CCc1ccc(S(=O)(=O)N2CCCC2)cc1. The summed E-state index contributed by atoms with van der Waals surface area (Å²) in [5.41, 5.74) is 0.985. The number of nitrogens with one attached hydrogen (secondary N) is 2. The number of piperidine rings is 1. The largest absolute Gasteiger partial charge is 0.353 e. The Morgan fingerprint density at radius 2 is 1.92 bits per heavy atom. The van der Waals surface area contributed by atoms with Crippen LogP contribution in [0.3, 0.4) is 0 Å². The van der Waals surface area contributed by atoms with Crippen LogP contribution in [-0.4, -0.2) is 50.9 Å². The van der Waals surface area contributed by atoms with E-state index in [1.807, 2.05) is 12.1 Å². The first-order valence-corrected chi connectivity index (χ1v) is 11.0. The van der Waals surface area contributed by atoms with Gasteiger partial charge in [0.15, 0.2) is 0 Å². The quantitative estimate of drug-likeness (QED) is 0.785. The van der Waals surface area contributed by atoms with Crippen LogP contribution in [0.2, 0.25) is 0 Å². The van der Waals surface area contributed by atoms with Crippen molar-refractivity contribution in [2.75, 3.05) is 26.2 Å². The number of hydrogen-bond donors (Lipinski definition) is 2. The minimum absolute atomic E-state index is 0.0671. The highest BCUT2D eigenvalue weighted by molar-refractivity contribution is 7.89. The molecule has 2 atom stereocenters. The normalized spacial score (nSPS) is 24.5. The molecule has 6 nitrogen and oxygen atoms in total. The molecule has 3 rings (SSSR count). The number of carbonyl (C=O) groups excluding carboxylic acids is 1. The highest BCUT2D eigenvalue weighted by Crippen LogP contribution is 2.21. The van der Waals surface area contributed by atoms with Crippen LogP contribution in [0, 0.1) is 5.92 Å². The van der Waals surface area contributed by atoms with Crippen LogP contribution in [0.5, 0.6) is 0 Å². The third-order valence-corrected chi connectivity index (χ3v) is 7.31. The second-order valence-corrected chi connectivity index (χ2v) is 9.34. The van der Waals surface area contributed by atoms with Crippen molar-refractivity contribution in [2.45, 2.75) is 50.0 Å². The van der Waals surface area contributed by atoms with Gasteiger partial charge >= 0.3 is 0 Å². The van der Waals surface area contributed by atoms with Gasteiger partial charge in [-0.3, -0.25) is 4.79 Å². The van der Waals surface area contributed by atoms with Crippen LogP contribution in [-0.2, 0) is 21.2 Å². The molecule has 2 unspecified atom stereocenters. The number of rotatable bonds is 6. The van der Waals surface area contributed by atoms with E-state index in [0.717, 1.165) is 37.9 Å². The van der Waals surface area contributed by atoms with Gasteiger partial charge in [-0.25, -0.2) is 8.42 Å². The van der Waals surface area contributed by atoms with Gasteiger partial charge in [-0.15, -0.1) is 0 Å². The average Bonchev–Trinajstić information content (AvgIpc) is 3.18. The number of sulfonamides is 1. The first-order valence-electron chi connectivity index (χ1n) is 9.56. The Morgan fingerprint density at radius 1 is 1.23 bits per heavy atom. The monoisotopic (exact) mass is 379 g/mol. The highest BCUT2D eigenvalue weighted by atomic mass is 32.2. The summed E-state index contributed by atoms with van der Waals surface area (Å²) in [6.45, 7) is 5.26. The standard InChI is InChI=1S/C19H29N3O3S/c1-15-14-20-11-10-18(15)21-19(23)9-6-16-4-7-17(8-5-16)26(24,25)22-12-2-3-13-22/h4-5,7-8,15,18,20H,2-3,6,9-14H2,1H3,(H,21,23). The second-order valence-electron chi connectivity index (χ2n) is 7.40. The predicted octanol–water partition coefficient (Wildman–Crippen LogP) is 1.52. The van der Waals surface area contributed by atoms with E-state index in [1.54, 1.807) is 16.4 Å². The molecule has 2 heterocycles. The van der Waals surface area contributed by atoms with E-state index in [1.165, 1.54) is 0 Å². The van der Waals surface area contributed by atoms with Gasteiger partial charge in [0, 0.05) is 25.6 Å². The van der Waals surface area contributed by atoms with Crippen molar-refractivity contribution < 1.29 is 13.2 Å². The second kappa shape index (κ2) is 8.50. The van der Waals surface area contributed by atoms with Crippen LogP contribution in [0.15, 0.2) is 29.2 Å². The van der Waals surface area contributed by atoms with Crippen molar-refractivity contribution in [3.05, 3.63) is 29.8 Å². The molecule has 2 saturated heterocycles. The molecule has 2 aliphatic rings. The fourth-order valence-corrected chi connectivity index (χ4v) is 5.19. The number of nitrogens with zero attached hydrogens (tertiary/aromatic N) is 1. The molecule has 2 N–H and O–H groups in total. The minimum Gasteiger partial charge on any atom is -0.353 e. The maximum absolute atomic E-state index is 12.5. The van der Waals surface area contributed by atoms with E-state index in [4.69, 9.17) is 0 Å². The molecule has 1 amide bonds. The summed E-state index contributed by atoms with van der Waals surface area (Å²) in [6.07, 6.45) is 3.88. The van der Waals surface area contributed by atoms with Crippen LogP contribution in [0.4, 0.5) is 0 Å². The molecule has 144 valence electrons. The lowest BCUT2D eigenvalue weighted by atomic mass is 9.95. The van der Waals surface area contributed by atoms with Crippen LogP contribution < -0.4 is 10.6 Å². The fourth-order valence-electron chi connectivity index (χ4n) is 3.67. The van der Waals surface area contributed by atoms with Crippen molar-refractivity contribution >= 4 is 15.9 Å². The molecule has 26 heavy (non-hydrogen) atoms. The van der Waals surface area contributed by atoms with Gasteiger partial charge in [-0.1, -0.05) is 19.1 Å². The van der Waals surface area contributed by atoms with Gasteiger partial charge < -0.3 is 10.6 Å². The van der Waals surface area contributed by atoms with Crippen molar-refractivity contribution in [3.63, 3.8) is 0 Å². The Balaban J connectivity index is 1.52. The number of hydrogen-bond acceptors (Lipinski definition) is 4. The average molecular weight is 380 g/mol. The summed E-state index contributed by atoms with van der Waals surface area (Å²) < 4.78 is 26.6. The number of amides is 1. The summed E-state index contributed by atoms with van der Waals surface area (Å²) >= 11 is 0. The van der Waals surface area contributed by atoms with Crippen molar-refractivity contribution in [2.24, 2.45) is 5.92 Å². The lowest BCUT2D eigenvalue weighted by Crippen LogP contribution is -2.48. The Labute approximate surface area is 156 Å². The summed E-state index contributed by atoms with van der Waals surface area (Å²) in [5.74, 6) is 0.514. The summed E-state index contributed by atoms with van der Waals surface area (Å²) in [6, 6.07) is 7.22. The zero-order valence-corrected chi connectivity index (χ0v) is 16.2. The van der Waals surface area contributed by atoms with E-state index in [0.29, 0.717) is 36.7 Å². The predicted molar refractivity (Wildman–Crippen MR) is 101 cm³/mol.